The normalized spacial score (nSPS) is 17.4. The van der Waals surface area contributed by atoms with E-state index in [9.17, 15) is 31.6 Å². The van der Waals surface area contributed by atoms with Gasteiger partial charge >= 0.3 is 12.3 Å². The third-order valence-corrected chi connectivity index (χ3v) is 8.23. The van der Waals surface area contributed by atoms with E-state index in [1.54, 1.807) is 6.92 Å². The highest BCUT2D eigenvalue weighted by atomic mass is 32.2. The largest absolute Gasteiger partial charge is 0.435 e. The van der Waals surface area contributed by atoms with Gasteiger partial charge in [0.25, 0.3) is 5.91 Å². The number of nitrogens with two attached hydrogens (primary N) is 1. The van der Waals surface area contributed by atoms with Crippen LogP contribution in [0, 0.1) is 0 Å². The first-order valence-corrected chi connectivity index (χ1v) is 13.3. The number of hydrogen-bond donors (Lipinski definition) is 2. The van der Waals surface area contributed by atoms with Gasteiger partial charge < -0.3 is 15.8 Å². The molecule has 1 saturated heterocycles. The maximum absolute atomic E-state index is 13.4. The summed E-state index contributed by atoms with van der Waals surface area (Å²) in [5.41, 5.74) is 4.99. The molecule has 2 heterocycles. The molecule has 2 aromatic carbocycles. The summed E-state index contributed by atoms with van der Waals surface area (Å²) in [5, 5.41) is 2.89. The van der Waals surface area contributed by atoms with Gasteiger partial charge in [-0.3, -0.25) is 18.7 Å². The van der Waals surface area contributed by atoms with E-state index in [2.05, 4.69) is 10.1 Å². The number of primary amides is 1. The molecule has 10 nitrogen and oxygen atoms in total. The van der Waals surface area contributed by atoms with Gasteiger partial charge in [-0.05, 0) is 57.0 Å². The molecule has 1 atom stereocenters. The first-order chi connectivity index (χ1) is 17.3. The molecule has 3 aromatic rings. The molecule has 0 saturated carbocycles. The van der Waals surface area contributed by atoms with Crippen molar-refractivity contribution in [3.8, 4) is 11.4 Å². The van der Waals surface area contributed by atoms with Gasteiger partial charge in [-0.2, -0.15) is 8.78 Å². The Morgan fingerprint density at radius 2 is 1.78 bits per heavy atom. The molecule has 0 aliphatic carbocycles. The average Bonchev–Trinajstić information content (AvgIpc) is 3.11. The third kappa shape index (κ3) is 5.36. The fourth-order valence-electron chi connectivity index (χ4n) is 4.37. The molecule has 13 heteroatoms. The van der Waals surface area contributed by atoms with Crippen LogP contribution in [0.1, 0.15) is 43.1 Å². The number of ether oxygens (including phenoxy) is 1. The molecule has 1 aliphatic heterocycles. The van der Waals surface area contributed by atoms with Crippen molar-refractivity contribution in [2.24, 2.45) is 5.73 Å². The van der Waals surface area contributed by atoms with E-state index < -0.39 is 45.5 Å². The predicted octanol–water partition coefficient (Wildman–Crippen LogP) is 2.14. The summed E-state index contributed by atoms with van der Waals surface area (Å²) in [6.45, 7) is 0.143. The van der Waals surface area contributed by atoms with Crippen molar-refractivity contribution in [3.63, 3.8) is 0 Å². The second-order valence-electron chi connectivity index (χ2n) is 9.31. The summed E-state index contributed by atoms with van der Waals surface area (Å²) in [4.78, 5) is 38.6. The predicted molar refractivity (Wildman–Crippen MR) is 132 cm³/mol. The second kappa shape index (κ2) is 9.61. The quantitative estimate of drug-likeness (QED) is 0.474. The molecule has 0 spiro atoms. The number of aromatic nitrogens is 2. The van der Waals surface area contributed by atoms with Crippen LogP contribution < -0.4 is 21.5 Å². The van der Waals surface area contributed by atoms with Crippen LogP contribution >= 0.6 is 0 Å². The number of hydrogen-bond acceptors (Lipinski definition) is 6. The number of sulfone groups is 1. The maximum atomic E-state index is 13.4. The van der Waals surface area contributed by atoms with Gasteiger partial charge in [0.05, 0.1) is 28.2 Å². The van der Waals surface area contributed by atoms with E-state index in [1.807, 2.05) is 0 Å². The number of imidazole rings is 1. The zero-order valence-electron chi connectivity index (χ0n) is 20.1. The second-order valence-corrected chi connectivity index (χ2v) is 11.6. The van der Waals surface area contributed by atoms with Crippen molar-refractivity contribution in [1.82, 2.24) is 14.5 Å². The van der Waals surface area contributed by atoms with Gasteiger partial charge in [-0.1, -0.05) is 6.07 Å². The van der Waals surface area contributed by atoms with E-state index in [1.165, 1.54) is 54.0 Å². The zero-order chi connectivity index (χ0) is 27.1. The fraction of sp³-hybridized carbons (Fsp3) is 0.375. The third-order valence-electron chi connectivity index (χ3n) is 6.58. The molecule has 4 rings (SSSR count). The minimum atomic E-state index is -3.13. The first-order valence-electron chi connectivity index (χ1n) is 11.4. The van der Waals surface area contributed by atoms with Gasteiger partial charge in [0.15, 0.2) is 0 Å². The van der Waals surface area contributed by atoms with Crippen LogP contribution in [0.4, 0.5) is 8.78 Å². The van der Waals surface area contributed by atoms with Crippen LogP contribution in [0.5, 0.6) is 5.75 Å². The number of carbonyl (C=O) groups is 2. The van der Waals surface area contributed by atoms with Crippen molar-refractivity contribution in [1.29, 1.82) is 0 Å². The number of nitrogens with zero attached hydrogens (tertiary/aromatic N) is 2. The van der Waals surface area contributed by atoms with Gasteiger partial charge in [0.2, 0.25) is 5.91 Å². The van der Waals surface area contributed by atoms with Crippen LogP contribution in [-0.4, -0.2) is 53.0 Å². The highest BCUT2D eigenvalue weighted by Gasteiger charge is 2.35. The van der Waals surface area contributed by atoms with E-state index >= 15 is 0 Å². The standard InChI is InChI=1S/C24H26F2N4O6S/c1-14(20(27)31)29-19-12-15(21(32)28-24(2)8-10-37(34,35)11-9-24)6-7-18(19)30(23(29)33)16-4-3-5-17(13-16)36-22(25)26/h3-7,12-14,22H,8-11H2,1-2H3,(H2,27,31)(H,28,32)/t14-/m1/s1. The number of benzene rings is 2. The highest BCUT2D eigenvalue weighted by Crippen LogP contribution is 2.27. The molecule has 1 fully saturated rings. The number of fused-ring (bicyclic) bond motifs is 1. The molecule has 3 N–H and O–H groups in total. The molecule has 198 valence electrons. The number of halogens is 2. The number of alkyl halides is 2. The smallest absolute Gasteiger partial charge is 0.387 e. The van der Waals surface area contributed by atoms with Crippen LogP contribution in [0.2, 0.25) is 0 Å². The number of nitrogens with one attached hydrogen (secondary N) is 1. The van der Waals surface area contributed by atoms with Gasteiger partial charge in [0, 0.05) is 17.2 Å². The number of carbonyl (C=O) groups excluding carboxylic acids is 2. The number of rotatable bonds is 7. The Bertz CT molecular complexity index is 1530. The molecule has 1 aliphatic rings. The van der Waals surface area contributed by atoms with E-state index in [0.717, 1.165) is 4.57 Å². The minimum Gasteiger partial charge on any atom is -0.435 e. The highest BCUT2D eigenvalue weighted by molar-refractivity contribution is 7.91. The molecule has 0 unspecified atom stereocenters. The summed E-state index contributed by atoms with van der Waals surface area (Å²) in [7, 11) is -3.13. The molecule has 0 bridgehead atoms. The molecule has 1 aromatic heterocycles. The summed E-state index contributed by atoms with van der Waals surface area (Å²) in [5.74, 6) is -1.50. The zero-order valence-corrected chi connectivity index (χ0v) is 20.9. The molecule has 0 radical (unpaired) electrons. The lowest BCUT2D eigenvalue weighted by molar-refractivity contribution is -0.120. The van der Waals surface area contributed by atoms with Crippen molar-refractivity contribution in [3.05, 3.63) is 58.5 Å². The molecular weight excluding hydrogens is 510 g/mol. The minimum absolute atomic E-state index is 0.0321. The monoisotopic (exact) mass is 536 g/mol. The van der Waals surface area contributed by atoms with Crippen LogP contribution in [0.15, 0.2) is 47.3 Å². The average molecular weight is 537 g/mol. The summed E-state index contributed by atoms with van der Waals surface area (Å²) >= 11 is 0. The number of amides is 2. The van der Waals surface area contributed by atoms with Crippen molar-refractivity contribution in [2.45, 2.75) is 44.9 Å². The molecule has 2 amide bonds. The lowest BCUT2D eigenvalue weighted by Gasteiger charge is -2.34. The van der Waals surface area contributed by atoms with E-state index in [4.69, 9.17) is 5.73 Å². The Balaban J connectivity index is 1.79. The summed E-state index contributed by atoms with van der Waals surface area (Å²) in [6.07, 6.45) is 0.528. The van der Waals surface area contributed by atoms with Gasteiger partial charge in [0.1, 0.15) is 21.6 Å². The summed E-state index contributed by atoms with van der Waals surface area (Å²) < 4.78 is 55.8. The SMILES string of the molecule is C[C@H](C(N)=O)n1c(=O)n(-c2cccc(OC(F)F)c2)c2ccc(C(=O)NC3(C)CCS(=O)(=O)CC3)cc21. The Morgan fingerprint density at radius 1 is 1.11 bits per heavy atom. The Labute approximate surface area is 210 Å². The Morgan fingerprint density at radius 3 is 2.41 bits per heavy atom. The van der Waals surface area contributed by atoms with E-state index in [-0.39, 0.29) is 46.9 Å². The van der Waals surface area contributed by atoms with Crippen molar-refractivity contribution >= 4 is 32.7 Å². The van der Waals surface area contributed by atoms with Crippen molar-refractivity contribution < 1.29 is 31.5 Å². The molecular formula is C24H26F2N4O6S. The molecule has 37 heavy (non-hydrogen) atoms. The topological polar surface area (TPSA) is 142 Å². The fourth-order valence-corrected chi connectivity index (χ4v) is 6.10. The van der Waals surface area contributed by atoms with Gasteiger partial charge in [-0.15, -0.1) is 0 Å². The summed E-state index contributed by atoms with van der Waals surface area (Å²) in [6, 6.07) is 8.85. The van der Waals surface area contributed by atoms with Crippen LogP contribution in [0.3, 0.4) is 0 Å². The Kier molecular flexibility index (Phi) is 6.84. The van der Waals surface area contributed by atoms with Crippen LogP contribution in [-0.2, 0) is 14.6 Å². The maximum Gasteiger partial charge on any atom is 0.387 e. The lowest BCUT2D eigenvalue weighted by Crippen LogP contribution is -2.50. The van der Waals surface area contributed by atoms with E-state index in [0.29, 0.717) is 5.52 Å². The first kappa shape index (κ1) is 26.3. The van der Waals surface area contributed by atoms with Crippen molar-refractivity contribution in [2.75, 3.05) is 11.5 Å². The van der Waals surface area contributed by atoms with Gasteiger partial charge in [-0.25, -0.2) is 13.2 Å². The lowest BCUT2D eigenvalue weighted by atomic mass is 9.94. The Hall–Kier alpha value is -3.74. The van der Waals surface area contributed by atoms with Crippen LogP contribution in [0.25, 0.3) is 16.7 Å².